The third-order valence-corrected chi connectivity index (χ3v) is 8.86. The second kappa shape index (κ2) is 9.28. The number of nitrogens with zero attached hydrogens (tertiary/aromatic N) is 1. The third kappa shape index (κ3) is 3.79. The van der Waals surface area contributed by atoms with Gasteiger partial charge in [-0.05, 0) is 84.6 Å². The van der Waals surface area contributed by atoms with E-state index in [-0.39, 0.29) is 0 Å². The Morgan fingerprint density at radius 2 is 1.92 bits per heavy atom. The summed E-state index contributed by atoms with van der Waals surface area (Å²) in [6.07, 6.45) is 34.5. The van der Waals surface area contributed by atoms with Gasteiger partial charge < -0.3 is 4.90 Å². The second-order valence-corrected chi connectivity index (χ2v) is 11.0. The summed E-state index contributed by atoms with van der Waals surface area (Å²) in [7, 11) is 0. The van der Waals surface area contributed by atoms with Gasteiger partial charge in [-0.15, -0.1) is 0 Å². The van der Waals surface area contributed by atoms with Crippen LogP contribution >= 0.6 is 0 Å². The van der Waals surface area contributed by atoms with E-state index in [1.165, 1.54) is 34.5 Å². The molecule has 1 heteroatoms. The number of anilines is 1. The van der Waals surface area contributed by atoms with Gasteiger partial charge in [0.1, 0.15) is 0 Å². The lowest BCUT2D eigenvalue weighted by molar-refractivity contribution is 0.564. The van der Waals surface area contributed by atoms with Gasteiger partial charge in [-0.25, -0.2) is 0 Å². The molecule has 0 N–H and O–H groups in total. The van der Waals surface area contributed by atoms with Crippen molar-refractivity contribution in [2.24, 2.45) is 17.8 Å². The molecule has 2 unspecified atom stereocenters. The first-order valence-corrected chi connectivity index (χ1v) is 13.8. The second-order valence-electron chi connectivity index (χ2n) is 11.0. The molecule has 0 aromatic heterocycles. The first-order valence-electron chi connectivity index (χ1n) is 13.8. The average Bonchev–Trinajstić information content (AvgIpc) is 3.30. The van der Waals surface area contributed by atoms with Gasteiger partial charge in [-0.3, -0.25) is 0 Å². The number of allylic oxidation sites excluding steroid dienone is 16. The number of hydrogen-bond donors (Lipinski definition) is 0. The quantitative estimate of drug-likeness (QED) is 0.310. The maximum Gasteiger partial charge on any atom is 0.0626 e. The van der Waals surface area contributed by atoms with Gasteiger partial charge in [-0.1, -0.05) is 96.9 Å². The van der Waals surface area contributed by atoms with E-state index in [1.54, 1.807) is 11.1 Å². The lowest BCUT2D eigenvalue weighted by Crippen LogP contribution is -2.31. The third-order valence-electron chi connectivity index (χ3n) is 8.86. The van der Waals surface area contributed by atoms with Crippen LogP contribution in [0.1, 0.15) is 44.1 Å². The van der Waals surface area contributed by atoms with E-state index in [4.69, 9.17) is 0 Å². The van der Waals surface area contributed by atoms with Crippen LogP contribution in [0.3, 0.4) is 0 Å². The van der Waals surface area contributed by atoms with Crippen LogP contribution < -0.4 is 4.90 Å². The van der Waals surface area contributed by atoms with Gasteiger partial charge in [0.2, 0.25) is 0 Å². The van der Waals surface area contributed by atoms with Crippen molar-refractivity contribution in [2.45, 2.75) is 44.6 Å². The van der Waals surface area contributed by atoms with Crippen LogP contribution in [0, 0.1) is 29.6 Å². The van der Waals surface area contributed by atoms with E-state index in [1.807, 2.05) is 0 Å². The standard InChI is InChI=1S/C36H33N/c1-25(37-35-20-10-8-18-32(35)33-19-9-11-21-36(33)37)12-2-3-13-26-22-23-31-29-16-5-4-14-27(29)28-15-6-7-17-30(28)34(31)24-26/h2-4,6,8-12,14-15,18-23,26-27,29,32,35H,7,13,17,24H2,1H3/b3-2-,25-12+/t26-,27-,29?,32?,35-/m0/s1. The molecule has 6 aliphatic rings. The van der Waals surface area contributed by atoms with E-state index in [9.17, 15) is 0 Å². The topological polar surface area (TPSA) is 3.24 Å². The number of rotatable bonds is 4. The van der Waals surface area contributed by atoms with Crippen LogP contribution in [0.25, 0.3) is 0 Å². The molecule has 0 bridgehead atoms. The summed E-state index contributed by atoms with van der Waals surface area (Å²) in [6, 6.07) is 9.24. The van der Waals surface area contributed by atoms with Gasteiger partial charge in [-0.2, -0.15) is 0 Å². The molecule has 0 spiro atoms. The molecule has 0 fully saturated rings. The van der Waals surface area contributed by atoms with E-state index in [2.05, 4.69) is 127 Å². The maximum absolute atomic E-state index is 3.54. The van der Waals surface area contributed by atoms with Crippen LogP contribution in [-0.4, -0.2) is 6.04 Å². The molecule has 5 aliphatic carbocycles. The van der Waals surface area contributed by atoms with Crippen molar-refractivity contribution in [3.8, 4) is 11.8 Å². The predicted octanol–water partition coefficient (Wildman–Crippen LogP) is 8.27. The molecule has 0 saturated heterocycles. The molecule has 1 aromatic carbocycles. The molecule has 37 heavy (non-hydrogen) atoms. The Morgan fingerprint density at radius 3 is 2.89 bits per heavy atom. The molecule has 0 saturated carbocycles. The minimum absolute atomic E-state index is 0.329. The molecule has 1 aromatic rings. The van der Waals surface area contributed by atoms with Crippen molar-refractivity contribution < 1.29 is 0 Å². The summed E-state index contributed by atoms with van der Waals surface area (Å²) in [4.78, 5) is 2.50. The van der Waals surface area contributed by atoms with Crippen molar-refractivity contribution in [1.82, 2.24) is 0 Å². The Hall–Kier alpha value is -3.76. The maximum atomic E-state index is 3.54. The monoisotopic (exact) mass is 479 g/mol. The normalized spacial score (nSPS) is 30.7. The van der Waals surface area contributed by atoms with Gasteiger partial charge in [0.05, 0.1) is 12.0 Å². The smallest absolute Gasteiger partial charge is 0.0626 e. The summed E-state index contributed by atoms with van der Waals surface area (Å²) in [5.41, 5.74) is 10.3. The molecule has 1 nitrogen and oxygen atoms in total. The van der Waals surface area contributed by atoms with Crippen LogP contribution in [-0.2, 0) is 0 Å². The van der Waals surface area contributed by atoms with Gasteiger partial charge >= 0.3 is 0 Å². The Labute approximate surface area is 221 Å². The minimum atomic E-state index is 0.329. The van der Waals surface area contributed by atoms with Crippen molar-refractivity contribution in [3.05, 3.63) is 137 Å². The zero-order valence-corrected chi connectivity index (χ0v) is 21.5. The fourth-order valence-electron chi connectivity index (χ4n) is 7.15. The van der Waals surface area contributed by atoms with Crippen LogP contribution in [0.15, 0.2) is 131 Å². The average molecular weight is 480 g/mol. The van der Waals surface area contributed by atoms with Crippen LogP contribution in [0.4, 0.5) is 5.69 Å². The van der Waals surface area contributed by atoms with E-state index < -0.39 is 0 Å². The van der Waals surface area contributed by atoms with Gasteiger partial charge in [0.15, 0.2) is 0 Å². The summed E-state index contributed by atoms with van der Waals surface area (Å²) < 4.78 is 0. The lowest BCUT2D eigenvalue weighted by atomic mass is 9.65. The molecule has 0 amide bonds. The summed E-state index contributed by atoms with van der Waals surface area (Å²) >= 11 is 0. The van der Waals surface area contributed by atoms with Crippen LogP contribution in [0.2, 0.25) is 0 Å². The Morgan fingerprint density at radius 1 is 1.00 bits per heavy atom. The van der Waals surface area contributed by atoms with E-state index in [0.717, 1.165) is 19.3 Å². The molecular weight excluding hydrogens is 446 g/mol. The fourth-order valence-corrected chi connectivity index (χ4v) is 7.15. The number of para-hydroxylation sites is 1. The van der Waals surface area contributed by atoms with Gasteiger partial charge in [0, 0.05) is 23.2 Å². The van der Waals surface area contributed by atoms with Crippen molar-refractivity contribution in [3.63, 3.8) is 0 Å². The first kappa shape index (κ1) is 22.4. The SMILES string of the molecule is C/C(=C\C=C/C[C@H]1C=CC2=C(C1)C1=C(C=CCC1)[C@@H]1C=CC#CC21)N1c2ccccc2C2C=CC=C[C@@H]21. The van der Waals surface area contributed by atoms with Crippen molar-refractivity contribution in [2.75, 3.05) is 4.90 Å². The highest BCUT2D eigenvalue weighted by Gasteiger charge is 2.37. The van der Waals surface area contributed by atoms with E-state index >= 15 is 0 Å². The number of fused-ring (bicyclic) bond motifs is 7. The lowest BCUT2D eigenvalue weighted by Gasteiger charge is -2.38. The molecule has 182 valence electrons. The predicted molar refractivity (Wildman–Crippen MR) is 155 cm³/mol. The van der Waals surface area contributed by atoms with Crippen LogP contribution in [0.5, 0.6) is 0 Å². The highest BCUT2D eigenvalue weighted by Crippen LogP contribution is 2.49. The Kier molecular flexibility index (Phi) is 5.63. The zero-order chi connectivity index (χ0) is 24.8. The fraction of sp³-hybridized carbons (Fsp3) is 0.278. The Bertz CT molecular complexity index is 1470. The van der Waals surface area contributed by atoms with E-state index in [0.29, 0.717) is 29.7 Å². The molecule has 1 heterocycles. The van der Waals surface area contributed by atoms with Crippen molar-refractivity contribution in [1.29, 1.82) is 0 Å². The summed E-state index contributed by atoms with van der Waals surface area (Å²) in [6.45, 7) is 2.25. The molecule has 5 atom stereocenters. The number of benzene rings is 1. The van der Waals surface area contributed by atoms with Crippen molar-refractivity contribution >= 4 is 5.69 Å². The zero-order valence-electron chi connectivity index (χ0n) is 21.5. The molecule has 7 rings (SSSR count). The highest BCUT2D eigenvalue weighted by molar-refractivity contribution is 5.69. The minimum Gasteiger partial charge on any atom is -0.337 e. The molecular formula is C36H33N. The highest BCUT2D eigenvalue weighted by atomic mass is 15.2. The Balaban J connectivity index is 1.08. The number of hydrogen-bond acceptors (Lipinski definition) is 1. The largest absolute Gasteiger partial charge is 0.337 e. The summed E-state index contributed by atoms with van der Waals surface area (Å²) in [5.74, 6) is 8.54. The molecule has 0 radical (unpaired) electrons. The summed E-state index contributed by atoms with van der Waals surface area (Å²) in [5, 5.41) is 0. The van der Waals surface area contributed by atoms with Gasteiger partial charge in [0.25, 0.3) is 0 Å². The first-order chi connectivity index (χ1) is 18.3. The molecule has 1 aliphatic heterocycles.